The summed E-state index contributed by atoms with van der Waals surface area (Å²) in [6.45, 7) is 6.55. The van der Waals surface area contributed by atoms with E-state index < -0.39 is 6.04 Å². The molecule has 0 bridgehead atoms. The molecule has 0 radical (unpaired) electrons. The molecule has 3 aromatic carbocycles. The van der Waals surface area contributed by atoms with Crippen LogP contribution in [0.2, 0.25) is 0 Å². The molecular weight excluding hydrogens is 582 g/mol. The Labute approximate surface area is 265 Å². The number of anilines is 1. The molecule has 1 aliphatic carbocycles. The predicted octanol–water partition coefficient (Wildman–Crippen LogP) is 4.49. The van der Waals surface area contributed by atoms with Gasteiger partial charge in [-0.1, -0.05) is 24.3 Å². The summed E-state index contributed by atoms with van der Waals surface area (Å²) in [7, 11) is 0. The quantitative estimate of drug-likeness (QED) is 0.142. The van der Waals surface area contributed by atoms with Crippen LogP contribution in [-0.2, 0) is 16.0 Å². The first-order valence-electron chi connectivity index (χ1n) is 16.0. The highest BCUT2D eigenvalue weighted by Gasteiger charge is 2.29. The Balaban J connectivity index is 1.23. The van der Waals surface area contributed by atoms with Crippen molar-refractivity contribution in [1.82, 2.24) is 25.1 Å². The molecule has 11 heteroatoms. The molecule has 7 N–H and O–H groups in total. The van der Waals surface area contributed by atoms with Gasteiger partial charge in [-0.2, -0.15) is 0 Å². The molecule has 6 rings (SSSR count). The molecule has 1 saturated carbocycles. The van der Waals surface area contributed by atoms with Crippen molar-refractivity contribution in [2.45, 2.75) is 65.0 Å². The minimum absolute atomic E-state index is 0.0233. The van der Waals surface area contributed by atoms with Gasteiger partial charge < -0.3 is 26.3 Å². The first-order chi connectivity index (χ1) is 22.1. The monoisotopic (exact) mass is 623 g/mol. The van der Waals surface area contributed by atoms with E-state index in [0.717, 1.165) is 53.5 Å². The number of imidazole rings is 1. The smallest absolute Gasteiger partial charge is 0.323 e. The number of fused-ring (bicyclic) bond motifs is 2. The Morgan fingerprint density at radius 2 is 1.65 bits per heavy atom. The fraction of sp³-hybridized carbons (Fsp3) is 0.371. The lowest BCUT2D eigenvalue weighted by Gasteiger charge is -2.28. The van der Waals surface area contributed by atoms with Crippen LogP contribution in [-0.4, -0.2) is 44.1 Å². The summed E-state index contributed by atoms with van der Waals surface area (Å²) in [5.74, 6) is -0.179. The Bertz CT molecular complexity index is 2010. The lowest BCUT2D eigenvalue weighted by molar-refractivity contribution is -0.130. The summed E-state index contributed by atoms with van der Waals surface area (Å²) < 4.78 is 1.63. The third kappa shape index (κ3) is 6.41. The van der Waals surface area contributed by atoms with Crippen molar-refractivity contribution in [3.05, 3.63) is 86.6 Å². The number of benzene rings is 3. The van der Waals surface area contributed by atoms with Crippen LogP contribution < -0.4 is 27.6 Å². The Kier molecular flexibility index (Phi) is 8.68. The second-order valence-electron chi connectivity index (χ2n) is 12.8. The van der Waals surface area contributed by atoms with Crippen molar-refractivity contribution in [3.8, 4) is 11.1 Å². The maximum atomic E-state index is 13.7. The van der Waals surface area contributed by atoms with Gasteiger partial charge in [0.1, 0.15) is 6.04 Å². The number of carbonyl (C=O) groups excluding carboxylic acids is 2. The van der Waals surface area contributed by atoms with E-state index in [2.05, 4.69) is 25.7 Å². The Morgan fingerprint density at radius 1 is 0.935 bits per heavy atom. The van der Waals surface area contributed by atoms with E-state index in [1.54, 1.807) is 22.9 Å². The fourth-order valence-electron chi connectivity index (χ4n) is 6.52. The van der Waals surface area contributed by atoms with Crippen LogP contribution in [0, 0.1) is 18.8 Å². The lowest BCUT2D eigenvalue weighted by Crippen LogP contribution is -2.48. The molecule has 1 atom stereocenters. The topological polar surface area (TPSA) is 171 Å². The van der Waals surface area contributed by atoms with E-state index >= 15 is 0 Å². The number of nitrogens with one attached hydrogen (secondary N) is 5. The SMILES string of the molecule is Cc1cc2c(=O)n(C(C)C)[nH]c2cc1-c1ccc(C[C@H](NC(=O)[C@H]2CC[C@H](CN)CC2)C(=O)Nc2ccc3[nH]c(=O)[nH]c3c2)cc1. The van der Waals surface area contributed by atoms with Gasteiger partial charge in [0, 0.05) is 24.1 Å². The summed E-state index contributed by atoms with van der Waals surface area (Å²) in [6.07, 6.45) is 3.61. The first kappa shape index (κ1) is 31.1. The van der Waals surface area contributed by atoms with Crippen molar-refractivity contribution in [3.63, 3.8) is 0 Å². The fourth-order valence-corrected chi connectivity index (χ4v) is 6.52. The highest BCUT2D eigenvalue weighted by atomic mass is 16.2. The molecule has 5 aromatic rings. The number of nitrogens with two attached hydrogens (primary N) is 1. The van der Waals surface area contributed by atoms with Crippen molar-refractivity contribution in [2.24, 2.45) is 17.6 Å². The van der Waals surface area contributed by atoms with Crippen molar-refractivity contribution < 1.29 is 9.59 Å². The molecule has 0 saturated heterocycles. The second-order valence-corrected chi connectivity index (χ2v) is 12.8. The molecule has 2 heterocycles. The van der Waals surface area contributed by atoms with Crippen LogP contribution in [0.3, 0.4) is 0 Å². The third-order valence-corrected chi connectivity index (χ3v) is 9.24. The molecule has 1 fully saturated rings. The summed E-state index contributed by atoms with van der Waals surface area (Å²) >= 11 is 0. The molecule has 0 unspecified atom stereocenters. The van der Waals surface area contributed by atoms with E-state index in [0.29, 0.717) is 41.0 Å². The van der Waals surface area contributed by atoms with Crippen LogP contribution in [0.25, 0.3) is 33.1 Å². The molecule has 11 nitrogen and oxygen atoms in total. The third-order valence-electron chi connectivity index (χ3n) is 9.24. The first-order valence-corrected chi connectivity index (χ1v) is 16.0. The van der Waals surface area contributed by atoms with Crippen molar-refractivity contribution >= 4 is 39.4 Å². The summed E-state index contributed by atoms with van der Waals surface area (Å²) in [6, 6.07) is 16.2. The standard InChI is InChI=1S/C35H41N7O4/c1-19(2)42-34(45)27-14-20(3)26(17-29(27)41-42)23-8-4-21(5-9-23)15-31(38-32(43)24-10-6-22(18-36)7-11-24)33(44)37-25-12-13-28-30(16-25)40-35(46)39-28/h4-5,8-9,12-14,16-17,19,22,24,31,41H,6-7,10-11,15,18,36H2,1-3H3,(H,37,44)(H,38,43)(H2,39,40,46)/t22-,24-,31-/m0/s1. The lowest BCUT2D eigenvalue weighted by atomic mass is 9.81. The van der Waals surface area contributed by atoms with Gasteiger partial charge in [0.25, 0.3) is 5.56 Å². The summed E-state index contributed by atoms with van der Waals surface area (Å²) in [5.41, 5.74) is 11.9. The molecule has 0 spiro atoms. The Morgan fingerprint density at radius 3 is 2.35 bits per heavy atom. The van der Waals surface area contributed by atoms with Gasteiger partial charge in [0.2, 0.25) is 11.8 Å². The number of hydrogen-bond acceptors (Lipinski definition) is 5. The van der Waals surface area contributed by atoms with E-state index in [1.807, 2.05) is 57.2 Å². The molecule has 2 aromatic heterocycles. The van der Waals surface area contributed by atoms with E-state index in [-0.39, 0.29) is 35.0 Å². The van der Waals surface area contributed by atoms with E-state index in [9.17, 15) is 19.2 Å². The summed E-state index contributed by atoms with van der Waals surface area (Å²) in [4.78, 5) is 57.0. The highest BCUT2D eigenvalue weighted by Crippen LogP contribution is 2.30. The number of hydrogen-bond donors (Lipinski definition) is 6. The van der Waals surface area contributed by atoms with Crippen molar-refractivity contribution in [1.29, 1.82) is 0 Å². The molecular formula is C35H41N7O4. The van der Waals surface area contributed by atoms with Crippen LogP contribution in [0.5, 0.6) is 0 Å². The average molecular weight is 624 g/mol. The second kappa shape index (κ2) is 12.8. The van der Waals surface area contributed by atoms with Gasteiger partial charge >= 0.3 is 5.69 Å². The number of carbonyl (C=O) groups is 2. The number of aromatic nitrogens is 4. The largest absolute Gasteiger partial charge is 0.344 e. The zero-order valence-electron chi connectivity index (χ0n) is 26.4. The summed E-state index contributed by atoms with van der Waals surface area (Å²) in [5, 5.41) is 9.85. The van der Waals surface area contributed by atoms with Crippen LogP contribution in [0.15, 0.2) is 64.2 Å². The maximum absolute atomic E-state index is 13.7. The minimum atomic E-state index is -0.814. The van der Waals surface area contributed by atoms with Crippen LogP contribution in [0.4, 0.5) is 5.69 Å². The van der Waals surface area contributed by atoms with Gasteiger partial charge in [-0.3, -0.25) is 19.5 Å². The van der Waals surface area contributed by atoms with E-state index in [1.165, 1.54) is 0 Å². The number of aromatic amines is 3. The van der Waals surface area contributed by atoms with Gasteiger partial charge in [-0.15, -0.1) is 0 Å². The zero-order valence-corrected chi connectivity index (χ0v) is 26.4. The van der Waals surface area contributed by atoms with E-state index in [4.69, 9.17) is 5.73 Å². The van der Waals surface area contributed by atoms with Crippen molar-refractivity contribution in [2.75, 3.05) is 11.9 Å². The zero-order chi connectivity index (χ0) is 32.5. The van der Waals surface area contributed by atoms with Crippen LogP contribution in [0.1, 0.15) is 56.7 Å². The molecule has 46 heavy (non-hydrogen) atoms. The van der Waals surface area contributed by atoms with Gasteiger partial charge in [0.05, 0.1) is 21.9 Å². The predicted molar refractivity (Wildman–Crippen MR) is 181 cm³/mol. The molecule has 1 aliphatic rings. The Hall–Kier alpha value is -4.90. The normalized spacial score (nSPS) is 17.4. The minimum Gasteiger partial charge on any atom is -0.344 e. The number of rotatable bonds is 9. The van der Waals surface area contributed by atoms with Crippen LogP contribution >= 0.6 is 0 Å². The number of H-pyrrole nitrogens is 3. The molecule has 0 aliphatic heterocycles. The number of aryl methyl sites for hydroxylation is 1. The highest BCUT2D eigenvalue weighted by molar-refractivity contribution is 5.99. The number of amides is 2. The van der Waals surface area contributed by atoms with Gasteiger partial charge in [-0.25, -0.2) is 9.48 Å². The average Bonchev–Trinajstić information content (AvgIpc) is 3.58. The van der Waals surface area contributed by atoms with Gasteiger partial charge in [0.15, 0.2) is 0 Å². The molecule has 240 valence electrons. The van der Waals surface area contributed by atoms with Gasteiger partial charge in [-0.05, 0) is 112 Å². The number of nitrogens with zero attached hydrogens (tertiary/aromatic N) is 1. The maximum Gasteiger partial charge on any atom is 0.323 e. The molecule has 2 amide bonds.